The molecule has 0 aromatic heterocycles. The number of aliphatic hydroxyl groups excluding tert-OH is 2. The second-order valence-electron chi connectivity index (χ2n) is 9.61. The highest BCUT2D eigenvalue weighted by molar-refractivity contribution is 6.32. The molecule has 6 N–H and O–H groups in total. The highest BCUT2D eigenvalue weighted by Crippen LogP contribution is 2.53. The monoisotopic (exact) mass is 488 g/mol. The number of carbonyl (C=O) groups excluding carboxylic acids is 3. The molecule has 1 heterocycles. The summed E-state index contributed by atoms with van der Waals surface area (Å²) in [4.78, 5) is 39.8. The molecule has 34 heavy (non-hydrogen) atoms. The second-order valence-corrected chi connectivity index (χ2v) is 9.99. The highest BCUT2D eigenvalue weighted by Gasteiger charge is 2.60. The largest absolute Gasteiger partial charge is 0.508 e. The third-order valence-corrected chi connectivity index (χ3v) is 8.14. The normalized spacial score (nSPS) is 29.2. The van der Waals surface area contributed by atoms with Gasteiger partial charge in [-0.05, 0) is 61.9 Å². The summed E-state index contributed by atoms with van der Waals surface area (Å²) in [5.41, 5.74) is 2.88. The first-order chi connectivity index (χ1) is 16.1. The number of rotatable bonds is 3. The van der Waals surface area contributed by atoms with E-state index in [1.54, 1.807) is 0 Å². The third-order valence-electron chi connectivity index (χ3n) is 7.66. The van der Waals surface area contributed by atoms with Crippen LogP contribution in [0, 0.1) is 11.8 Å². The average Bonchev–Trinajstić information content (AvgIpc) is 3.27. The van der Waals surface area contributed by atoms with Crippen LogP contribution in [0.15, 0.2) is 23.0 Å². The predicted molar refractivity (Wildman–Crippen MR) is 121 cm³/mol. The van der Waals surface area contributed by atoms with Gasteiger partial charge in [0.25, 0.3) is 5.91 Å². The molecular weight excluding hydrogens is 464 g/mol. The predicted octanol–water partition coefficient (Wildman–Crippen LogP) is 1.67. The minimum atomic E-state index is -2.56. The number of phenolic OH excluding ortho intramolecular Hbond substituents is 1. The first kappa shape index (κ1) is 22.9. The number of nitrogens with two attached hydrogens (primary N) is 1. The van der Waals surface area contributed by atoms with E-state index in [1.807, 2.05) is 0 Å². The lowest BCUT2D eigenvalue weighted by Gasteiger charge is -2.46. The van der Waals surface area contributed by atoms with Crippen LogP contribution < -0.4 is 5.73 Å². The zero-order valence-corrected chi connectivity index (χ0v) is 19.1. The van der Waals surface area contributed by atoms with Gasteiger partial charge in [0, 0.05) is 29.5 Å². The zero-order valence-electron chi connectivity index (χ0n) is 18.3. The fourth-order valence-corrected chi connectivity index (χ4v) is 6.31. The van der Waals surface area contributed by atoms with Gasteiger partial charge in [0.1, 0.15) is 22.8 Å². The van der Waals surface area contributed by atoms with Crippen molar-refractivity contribution in [3.05, 3.63) is 44.7 Å². The molecule has 1 saturated carbocycles. The molecule has 0 radical (unpaired) electrons. The van der Waals surface area contributed by atoms with E-state index < -0.39 is 52.0 Å². The van der Waals surface area contributed by atoms with E-state index in [1.165, 1.54) is 6.07 Å². The van der Waals surface area contributed by atoms with Gasteiger partial charge in [-0.3, -0.25) is 19.3 Å². The number of ketones is 2. The molecule has 1 aromatic carbocycles. The maximum atomic E-state index is 13.5. The number of Topliss-reactive ketones (excluding diaryl/α,β-unsaturated/α-hetero) is 2. The molecule has 1 unspecified atom stereocenters. The quantitative estimate of drug-likeness (QED) is 0.401. The van der Waals surface area contributed by atoms with Gasteiger partial charge in [0.2, 0.25) is 5.78 Å². The number of likely N-dealkylation sites (tertiary alicyclic amines) is 1. The van der Waals surface area contributed by atoms with E-state index in [-0.39, 0.29) is 36.1 Å². The van der Waals surface area contributed by atoms with Crippen LogP contribution >= 0.6 is 11.6 Å². The van der Waals surface area contributed by atoms with Crippen LogP contribution in [0.3, 0.4) is 0 Å². The molecule has 5 rings (SSSR count). The number of fused-ring (bicyclic) bond motifs is 3. The molecule has 4 aliphatic rings. The topological polar surface area (TPSA) is 161 Å². The number of aliphatic hydroxyl groups is 3. The molecule has 1 aromatic rings. The number of primary amides is 1. The lowest BCUT2D eigenvalue weighted by Crippen LogP contribution is -2.58. The number of hydrogen-bond acceptors (Lipinski definition) is 8. The Morgan fingerprint density at radius 1 is 1.18 bits per heavy atom. The third kappa shape index (κ3) is 3.10. The van der Waals surface area contributed by atoms with Crippen LogP contribution in [0.25, 0.3) is 5.76 Å². The number of hydrogen-bond donors (Lipinski definition) is 5. The summed E-state index contributed by atoms with van der Waals surface area (Å²) < 4.78 is 0. The van der Waals surface area contributed by atoms with Gasteiger partial charge in [-0.1, -0.05) is 11.6 Å². The fraction of sp³-hybridized carbons (Fsp3) is 0.458. The van der Waals surface area contributed by atoms with Crippen LogP contribution in [0.5, 0.6) is 5.75 Å². The minimum absolute atomic E-state index is 0.0160. The summed E-state index contributed by atoms with van der Waals surface area (Å²) >= 11 is 6.72. The molecule has 180 valence electrons. The Balaban J connectivity index is 1.62. The van der Waals surface area contributed by atoms with Gasteiger partial charge in [0.05, 0.1) is 5.56 Å². The lowest BCUT2D eigenvalue weighted by molar-refractivity contribution is -0.147. The van der Waals surface area contributed by atoms with Crippen molar-refractivity contribution >= 4 is 34.8 Å². The summed E-state index contributed by atoms with van der Waals surface area (Å²) in [6, 6.07) is 1.48. The molecule has 2 fully saturated rings. The minimum Gasteiger partial charge on any atom is -0.508 e. The number of nitrogens with zero attached hydrogens (tertiary/aromatic N) is 1. The summed E-state index contributed by atoms with van der Waals surface area (Å²) in [5, 5.41) is 44.1. The van der Waals surface area contributed by atoms with Gasteiger partial charge in [-0.15, -0.1) is 0 Å². The molecule has 9 nitrogen and oxygen atoms in total. The van der Waals surface area contributed by atoms with E-state index in [2.05, 4.69) is 4.90 Å². The Hall–Kier alpha value is -2.88. The summed E-state index contributed by atoms with van der Waals surface area (Å²) in [5.74, 6) is -6.46. The molecule has 3 atom stereocenters. The Labute approximate surface area is 200 Å². The Bertz CT molecular complexity index is 1210. The van der Waals surface area contributed by atoms with Gasteiger partial charge in [-0.25, -0.2) is 0 Å². The van der Waals surface area contributed by atoms with E-state index in [0.29, 0.717) is 22.7 Å². The second kappa shape index (κ2) is 7.83. The van der Waals surface area contributed by atoms with Crippen molar-refractivity contribution in [2.24, 2.45) is 17.6 Å². The first-order valence-electron chi connectivity index (χ1n) is 11.3. The van der Waals surface area contributed by atoms with Crippen LogP contribution in [0.1, 0.15) is 42.4 Å². The van der Waals surface area contributed by atoms with Crippen molar-refractivity contribution in [1.29, 1.82) is 0 Å². The van der Waals surface area contributed by atoms with E-state index >= 15 is 0 Å². The van der Waals surface area contributed by atoms with Crippen LogP contribution in [0.4, 0.5) is 0 Å². The Kier molecular flexibility index (Phi) is 5.27. The van der Waals surface area contributed by atoms with E-state index in [9.17, 15) is 34.8 Å². The summed E-state index contributed by atoms with van der Waals surface area (Å²) in [6.45, 7) is 2.41. The van der Waals surface area contributed by atoms with Crippen molar-refractivity contribution in [3.8, 4) is 5.75 Å². The van der Waals surface area contributed by atoms with Crippen molar-refractivity contribution < 1.29 is 34.8 Å². The molecule has 3 aliphatic carbocycles. The number of carbonyl (C=O) groups is 3. The Morgan fingerprint density at radius 2 is 1.85 bits per heavy atom. The number of benzene rings is 1. The fourth-order valence-electron chi connectivity index (χ4n) is 6.02. The lowest BCUT2D eigenvalue weighted by atomic mass is 9.59. The summed E-state index contributed by atoms with van der Waals surface area (Å²) in [6.07, 6.45) is 2.11. The van der Waals surface area contributed by atoms with Gasteiger partial charge in [0.15, 0.2) is 11.4 Å². The van der Waals surface area contributed by atoms with Crippen LogP contribution in [-0.2, 0) is 27.3 Å². The standard InChI is InChI=1S/C24H25ClN2O7/c25-19-11(9-27-3-1-2-4-27)7-14(28)17-13(19)6-10-5-12-8-15(29)18(23(26)33)22(32)24(12,34)21(31)16(10)20(17)30/h7,10,12,28,30,32,34H,1-6,8-9H2,(H2,26,33)/t10?,12-,24-/m0/s1. The number of aromatic hydroxyl groups is 1. The van der Waals surface area contributed by atoms with Crippen molar-refractivity contribution in [2.75, 3.05) is 13.1 Å². The molecule has 1 aliphatic heterocycles. The maximum Gasteiger partial charge on any atom is 0.255 e. The molecular formula is C24H25ClN2O7. The van der Waals surface area contributed by atoms with Crippen molar-refractivity contribution in [3.63, 3.8) is 0 Å². The molecule has 1 saturated heterocycles. The molecule has 10 heteroatoms. The van der Waals surface area contributed by atoms with Crippen molar-refractivity contribution in [1.82, 2.24) is 4.90 Å². The van der Waals surface area contributed by atoms with Gasteiger partial charge < -0.3 is 26.2 Å². The van der Waals surface area contributed by atoms with E-state index in [0.717, 1.165) is 25.9 Å². The maximum absolute atomic E-state index is 13.5. The van der Waals surface area contributed by atoms with Crippen LogP contribution in [-0.4, -0.2) is 61.5 Å². The first-order valence-corrected chi connectivity index (χ1v) is 11.7. The number of amides is 1. The van der Waals surface area contributed by atoms with Gasteiger partial charge >= 0.3 is 0 Å². The SMILES string of the molecule is NC(=O)C1=C(O)[C@@]2(O)C(=O)C3=C(O)c4c(O)cc(CN5CCCC5)c(Cl)c4CC3C[C@H]2CC1=O. The summed E-state index contributed by atoms with van der Waals surface area (Å²) in [7, 11) is 0. The van der Waals surface area contributed by atoms with E-state index in [4.69, 9.17) is 17.3 Å². The van der Waals surface area contributed by atoms with Crippen LogP contribution in [0.2, 0.25) is 5.02 Å². The average molecular weight is 489 g/mol. The molecule has 0 spiro atoms. The number of halogens is 1. The highest BCUT2D eigenvalue weighted by atomic mass is 35.5. The molecule has 0 bridgehead atoms. The molecule has 1 amide bonds. The number of phenols is 1. The smallest absolute Gasteiger partial charge is 0.255 e. The van der Waals surface area contributed by atoms with Crippen molar-refractivity contribution in [2.45, 2.75) is 44.2 Å². The zero-order chi connectivity index (χ0) is 24.5. The van der Waals surface area contributed by atoms with Gasteiger partial charge in [-0.2, -0.15) is 0 Å². The Morgan fingerprint density at radius 3 is 2.50 bits per heavy atom.